The maximum atomic E-state index is 11.5. The molecule has 0 atom stereocenters. The van der Waals surface area contributed by atoms with Crippen LogP contribution in [0.5, 0.6) is 0 Å². The molecule has 1 aliphatic rings. The zero-order valence-corrected chi connectivity index (χ0v) is 10.2. The minimum Gasteiger partial charge on any atom is -0.379 e. The molecule has 92 valence electrons. The number of carbonyl (C=O) groups excluding carboxylic acids is 1. The van der Waals surface area contributed by atoms with Crippen LogP contribution in [0.2, 0.25) is 0 Å². The summed E-state index contributed by atoms with van der Waals surface area (Å²) < 4.78 is 2.01. The highest BCUT2D eigenvalue weighted by atomic mass is 16.1. The fourth-order valence-corrected chi connectivity index (χ4v) is 2.52. The van der Waals surface area contributed by atoms with Crippen molar-refractivity contribution in [2.75, 3.05) is 5.32 Å². The molecule has 0 saturated heterocycles. The van der Waals surface area contributed by atoms with Crippen LogP contribution in [-0.2, 0) is 13.1 Å². The molecule has 18 heavy (non-hydrogen) atoms. The average molecular weight is 241 g/mol. The first-order valence-electron chi connectivity index (χ1n) is 5.97. The minimum atomic E-state index is -0.372. The van der Waals surface area contributed by atoms with Crippen LogP contribution in [0.1, 0.15) is 27.3 Å². The van der Waals surface area contributed by atoms with Crippen molar-refractivity contribution in [2.24, 2.45) is 5.73 Å². The van der Waals surface area contributed by atoms with Gasteiger partial charge in [0.05, 0.1) is 13.1 Å². The van der Waals surface area contributed by atoms with E-state index in [1.54, 1.807) is 0 Å². The van der Waals surface area contributed by atoms with Crippen molar-refractivity contribution in [3.63, 3.8) is 0 Å². The molecule has 1 aromatic carbocycles. The zero-order chi connectivity index (χ0) is 12.7. The van der Waals surface area contributed by atoms with Crippen molar-refractivity contribution in [3.8, 4) is 0 Å². The summed E-state index contributed by atoms with van der Waals surface area (Å²) in [4.78, 5) is 11.5. The smallest absolute Gasteiger partial charge is 0.265 e. The Labute approximate surface area is 105 Å². The van der Waals surface area contributed by atoms with Crippen LogP contribution in [0.3, 0.4) is 0 Å². The van der Waals surface area contributed by atoms with Crippen molar-refractivity contribution in [3.05, 3.63) is 52.8 Å². The number of hydrogen-bond donors (Lipinski definition) is 2. The Bertz CT molecular complexity index is 628. The molecular formula is C14H15N3O. The van der Waals surface area contributed by atoms with E-state index in [1.807, 2.05) is 29.7 Å². The number of carbonyl (C=O) groups is 1. The highest BCUT2D eigenvalue weighted by Gasteiger charge is 2.19. The van der Waals surface area contributed by atoms with Crippen LogP contribution in [0.4, 0.5) is 5.69 Å². The van der Waals surface area contributed by atoms with Crippen molar-refractivity contribution in [2.45, 2.75) is 20.0 Å². The number of hydrogen-bond acceptors (Lipinski definition) is 2. The molecule has 4 nitrogen and oxygen atoms in total. The van der Waals surface area contributed by atoms with E-state index in [-0.39, 0.29) is 5.91 Å². The maximum Gasteiger partial charge on any atom is 0.265 e. The van der Waals surface area contributed by atoms with Gasteiger partial charge in [0.15, 0.2) is 0 Å². The topological polar surface area (TPSA) is 60.1 Å². The van der Waals surface area contributed by atoms with Gasteiger partial charge in [-0.2, -0.15) is 0 Å². The van der Waals surface area contributed by atoms with E-state index in [4.69, 9.17) is 5.73 Å². The number of nitrogens with two attached hydrogens (primary N) is 1. The molecule has 0 radical (unpaired) electrons. The van der Waals surface area contributed by atoms with Gasteiger partial charge in [-0.15, -0.1) is 0 Å². The summed E-state index contributed by atoms with van der Waals surface area (Å²) in [7, 11) is 0. The van der Waals surface area contributed by atoms with Crippen LogP contribution < -0.4 is 11.1 Å². The number of aryl methyl sites for hydroxylation is 1. The molecule has 0 unspecified atom stereocenters. The number of benzene rings is 1. The number of amides is 1. The van der Waals surface area contributed by atoms with E-state index < -0.39 is 0 Å². The second kappa shape index (κ2) is 3.91. The fourth-order valence-electron chi connectivity index (χ4n) is 2.52. The Hall–Kier alpha value is -2.23. The first kappa shape index (κ1) is 10.9. The van der Waals surface area contributed by atoms with Crippen molar-refractivity contribution in [1.29, 1.82) is 0 Å². The van der Waals surface area contributed by atoms with Crippen LogP contribution in [0.15, 0.2) is 30.3 Å². The summed E-state index contributed by atoms with van der Waals surface area (Å²) in [6.07, 6.45) is 0. The van der Waals surface area contributed by atoms with Gasteiger partial charge in [-0.1, -0.05) is 18.2 Å². The SMILES string of the molecule is Cc1cc(C(N)=O)n2c1CNc1ccccc1C2. The number of para-hydroxylation sites is 1. The summed E-state index contributed by atoms with van der Waals surface area (Å²) in [5.74, 6) is -0.372. The number of nitrogens with zero attached hydrogens (tertiary/aromatic N) is 1. The van der Waals surface area contributed by atoms with Gasteiger partial charge < -0.3 is 15.6 Å². The van der Waals surface area contributed by atoms with E-state index >= 15 is 0 Å². The lowest BCUT2D eigenvalue weighted by Crippen LogP contribution is -2.18. The summed E-state index contributed by atoms with van der Waals surface area (Å²) >= 11 is 0. The number of primary amides is 1. The normalized spacial score (nSPS) is 13.2. The van der Waals surface area contributed by atoms with E-state index in [1.165, 1.54) is 5.56 Å². The fraction of sp³-hybridized carbons (Fsp3) is 0.214. The van der Waals surface area contributed by atoms with Gasteiger partial charge in [0, 0.05) is 11.4 Å². The highest BCUT2D eigenvalue weighted by molar-refractivity contribution is 5.92. The Morgan fingerprint density at radius 1 is 1.39 bits per heavy atom. The molecule has 0 saturated carbocycles. The van der Waals surface area contributed by atoms with Crippen LogP contribution in [0.25, 0.3) is 0 Å². The summed E-state index contributed by atoms with van der Waals surface area (Å²) in [5, 5.41) is 3.40. The third-order valence-electron chi connectivity index (χ3n) is 3.47. The third-order valence-corrected chi connectivity index (χ3v) is 3.47. The first-order chi connectivity index (χ1) is 8.66. The van der Waals surface area contributed by atoms with Gasteiger partial charge in [-0.3, -0.25) is 4.79 Å². The highest BCUT2D eigenvalue weighted by Crippen LogP contribution is 2.26. The largest absolute Gasteiger partial charge is 0.379 e. The van der Waals surface area contributed by atoms with Crippen molar-refractivity contribution < 1.29 is 4.79 Å². The third kappa shape index (κ3) is 1.57. The summed E-state index contributed by atoms with van der Waals surface area (Å²) in [6, 6.07) is 10.0. The molecule has 0 spiro atoms. The molecule has 2 heterocycles. The Balaban J connectivity index is 2.15. The second-order valence-corrected chi connectivity index (χ2v) is 4.62. The molecule has 0 aliphatic carbocycles. The monoisotopic (exact) mass is 241 g/mol. The number of fused-ring (bicyclic) bond motifs is 2. The molecular weight excluding hydrogens is 226 g/mol. The van der Waals surface area contributed by atoms with Crippen molar-refractivity contribution in [1.82, 2.24) is 4.57 Å². The van der Waals surface area contributed by atoms with Gasteiger partial charge in [0.1, 0.15) is 5.69 Å². The molecule has 0 bridgehead atoms. The second-order valence-electron chi connectivity index (χ2n) is 4.62. The molecule has 2 aromatic rings. The standard InChI is InChI=1S/C14H15N3O/c1-9-6-12(14(15)18)17-8-10-4-2-3-5-11(10)16-7-13(9)17/h2-6,16H,7-8H2,1H3,(H2,15,18). The zero-order valence-electron chi connectivity index (χ0n) is 10.2. The van der Waals surface area contributed by atoms with Gasteiger partial charge in [0.25, 0.3) is 5.91 Å². The van der Waals surface area contributed by atoms with E-state index in [0.717, 1.165) is 23.5 Å². The molecule has 4 heteroatoms. The summed E-state index contributed by atoms with van der Waals surface area (Å²) in [5.41, 5.74) is 10.5. The predicted molar refractivity (Wildman–Crippen MR) is 70.6 cm³/mol. The quantitative estimate of drug-likeness (QED) is 0.800. The van der Waals surface area contributed by atoms with Gasteiger partial charge in [-0.05, 0) is 30.2 Å². The molecule has 1 aliphatic heterocycles. The number of rotatable bonds is 1. The molecule has 3 N–H and O–H groups in total. The Kier molecular flexibility index (Phi) is 2.37. The number of nitrogens with one attached hydrogen (secondary N) is 1. The number of anilines is 1. The Morgan fingerprint density at radius 2 is 2.17 bits per heavy atom. The lowest BCUT2D eigenvalue weighted by atomic mass is 10.2. The van der Waals surface area contributed by atoms with Gasteiger partial charge >= 0.3 is 0 Å². The molecule has 3 rings (SSSR count). The van der Waals surface area contributed by atoms with Crippen LogP contribution in [-0.4, -0.2) is 10.5 Å². The van der Waals surface area contributed by atoms with Crippen LogP contribution >= 0.6 is 0 Å². The first-order valence-corrected chi connectivity index (χ1v) is 5.97. The molecule has 0 fully saturated rings. The summed E-state index contributed by atoms with van der Waals surface area (Å²) in [6.45, 7) is 3.41. The average Bonchev–Trinajstić information content (AvgIpc) is 2.56. The van der Waals surface area contributed by atoms with Crippen molar-refractivity contribution >= 4 is 11.6 Å². The van der Waals surface area contributed by atoms with E-state index in [9.17, 15) is 4.79 Å². The lowest BCUT2D eigenvalue weighted by Gasteiger charge is -2.09. The van der Waals surface area contributed by atoms with Crippen LogP contribution in [0, 0.1) is 6.92 Å². The van der Waals surface area contributed by atoms with E-state index in [2.05, 4.69) is 17.4 Å². The Morgan fingerprint density at radius 3 is 2.94 bits per heavy atom. The number of aromatic nitrogens is 1. The lowest BCUT2D eigenvalue weighted by molar-refractivity contribution is 0.0991. The van der Waals surface area contributed by atoms with Gasteiger partial charge in [-0.25, -0.2) is 0 Å². The van der Waals surface area contributed by atoms with E-state index in [0.29, 0.717) is 12.2 Å². The maximum absolute atomic E-state index is 11.5. The molecule has 1 aromatic heterocycles. The molecule has 1 amide bonds. The predicted octanol–water partition coefficient (Wildman–Crippen LogP) is 1.87. The van der Waals surface area contributed by atoms with Gasteiger partial charge in [0.2, 0.25) is 0 Å². The minimum absolute atomic E-state index is 0.372.